The van der Waals surface area contributed by atoms with Gasteiger partial charge in [0.05, 0.1) is 0 Å². The minimum Gasteiger partial charge on any atom is -0.588 e. The van der Waals surface area contributed by atoms with Crippen LogP contribution in [0.25, 0.3) is 0 Å². The van der Waals surface area contributed by atoms with E-state index in [-0.39, 0.29) is 97.3 Å². The summed E-state index contributed by atoms with van der Waals surface area (Å²) in [7, 11) is 0. The molecule has 0 aliphatic rings. The molecule has 2 nitrogen and oxygen atoms in total. The number of benzene rings is 3. The minimum atomic E-state index is -0.257. The Hall–Kier alpha value is 0.130. The van der Waals surface area contributed by atoms with Crippen LogP contribution in [-0.4, -0.2) is 10.2 Å². The third kappa shape index (κ3) is 16.8. The first-order chi connectivity index (χ1) is 9.80. The molecule has 0 aliphatic carbocycles. The molecule has 0 spiro atoms. The van der Waals surface area contributed by atoms with E-state index in [4.69, 9.17) is 10.2 Å². The fourth-order valence-electron chi connectivity index (χ4n) is 1.02. The molecular weight excluding hydrogens is 612 g/mol. The van der Waals surface area contributed by atoms with E-state index in [0.29, 0.717) is 0 Å². The molecule has 0 aromatic heterocycles. The Labute approximate surface area is 202 Å². The van der Waals surface area contributed by atoms with Gasteiger partial charge in [0.25, 0.3) is 0 Å². The third-order valence-corrected chi connectivity index (χ3v) is 1.91. The maximum atomic E-state index is 8.58. The zero-order valence-corrected chi connectivity index (χ0v) is 20.7. The van der Waals surface area contributed by atoms with Crippen LogP contribution in [0.2, 0.25) is 0 Å². The molecule has 23 heavy (non-hydrogen) atoms. The molecule has 5 heteroatoms. The average molecular weight is 625 g/mol. The largest absolute Gasteiger partial charge is 0.588 e. The predicted molar refractivity (Wildman–Crippen MR) is 76.8 cm³/mol. The van der Waals surface area contributed by atoms with E-state index in [1.807, 2.05) is 54.6 Å². The summed E-state index contributed by atoms with van der Waals surface area (Å²) in [6, 6.07) is 33.2. The summed E-state index contributed by atoms with van der Waals surface area (Å²) in [5.74, 6) is -0.514. The standard InChI is InChI=1S/C6H4O2.C6H5.C6H4.Re.2Y/c7-5-3-1-2-4-6(5)8;2*1-2-4-6-5-3-1;;;/h1-2,7-8H;1-5H;1-2,5-6H;;;/q-2;-1;-2;;;. The monoisotopic (exact) mass is 626 g/mol. The van der Waals surface area contributed by atoms with Crippen LogP contribution in [0.4, 0.5) is 0 Å². The molecule has 0 amide bonds. The van der Waals surface area contributed by atoms with Crippen LogP contribution < -0.4 is 0 Å². The van der Waals surface area contributed by atoms with E-state index in [2.05, 4.69) is 30.3 Å². The Morgan fingerprint density at radius 1 is 0.522 bits per heavy atom. The number of hydrogen-bond donors (Lipinski definition) is 2. The van der Waals surface area contributed by atoms with E-state index in [1.54, 1.807) is 0 Å². The third-order valence-electron chi connectivity index (χ3n) is 1.91. The number of aromatic hydroxyl groups is 2. The molecule has 115 valence electrons. The second kappa shape index (κ2) is 20.2. The Morgan fingerprint density at radius 2 is 0.870 bits per heavy atom. The number of phenols is 2. The predicted octanol–water partition coefficient (Wildman–Crippen LogP) is 3.46. The zero-order valence-electron chi connectivity index (χ0n) is 12.3. The molecule has 3 aromatic carbocycles. The van der Waals surface area contributed by atoms with Crippen molar-refractivity contribution < 1.29 is 96.1 Å². The topological polar surface area (TPSA) is 40.5 Å². The quantitative estimate of drug-likeness (QED) is 0.297. The molecule has 0 aliphatic heterocycles. The van der Waals surface area contributed by atoms with E-state index in [9.17, 15) is 0 Å². The summed E-state index contributed by atoms with van der Waals surface area (Å²) in [6.45, 7) is 0. The number of hydrogen-bond acceptors (Lipinski definition) is 2. The molecule has 0 unspecified atom stereocenters. The van der Waals surface area contributed by atoms with Gasteiger partial charge in [-0.05, 0) is 0 Å². The SMILES string of the molecule is Oc1[c-]cc[c-]c1O.[Re].[Y].[Y].[c-]1cc[c-]cc1.[c-]1ccccc1. The van der Waals surface area contributed by atoms with Crippen LogP contribution in [-0.2, 0) is 85.8 Å². The van der Waals surface area contributed by atoms with Crippen molar-refractivity contribution in [3.05, 3.63) is 97.1 Å². The summed E-state index contributed by atoms with van der Waals surface area (Å²) in [6.07, 6.45) is 0. The van der Waals surface area contributed by atoms with Gasteiger partial charge in [-0.15, -0.1) is 0 Å². The van der Waals surface area contributed by atoms with Gasteiger partial charge < -0.3 is 22.3 Å². The Bertz CT molecular complexity index is 460. The van der Waals surface area contributed by atoms with E-state index in [1.165, 1.54) is 12.1 Å². The van der Waals surface area contributed by atoms with Crippen LogP contribution in [0.15, 0.2) is 66.7 Å². The Morgan fingerprint density at radius 3 is 1.04 bits per heavy atom. The molecule has 0 saturated heterocycles. The molecule has 2 N–H and O–H groups in total. The molecule has 3 aromatic rings. The molecule has 0 bridgehead atoms. The second-order valence-electron chi connectivity index (χ2n) is 3.40. The van der Waals surface area contributed by atoms with Crippen molar-refractivity contribution in [2.24, 2.45) is 0 Å². The molecule has 0 atom stereocenters. The number of phenolic OH excluding ortho intramolecular Hbond substituents is 2. The summed E-state index contributed by atoms with van der Waals surface area (Å²) in [5.41, 5.74) is 0. The van der Waals surface area contributed by atoms with Crippen molar-refractivity contribution in [3.63, 3.8) is 0 Å². The van der Waals surface area contributed by atoms with Crippen molar-refractivity contribution in [2.75, 3.05) is 0 Å². The van der Waals surface area contributed by atoms with Gasteiger partial charge in [0.15, 0.2) is 0 Å². The van der Waals surface area contributed by atoms with E-state index in [0.717, 1.165) is 0 Å². The average Bonchev–Trinajstić information content (AvgIpc) is 2.55. The first-order valence-electron chi connectivity index (χ1n) is 5.84. The van der Waals surface area contributed by atoms with Gasteiger partial charge in [0.1, 0.15) is 0 Å². The Balaban J connectivity index is -0.000000248. The smallest absolute Gasteiger partial charge is 0 e. The van der Waals surface area contributed by atoms with Crippen molar-refractivity contribution in [1.29, 1.82) is 0 Å². The van der Waals surface area contributed by atoms with Gasteiger partial charge in [0, 0.05) is 85.8 Å². The Kier molecular flexibility index (Phi) is 24.5. The van der Waals surface area contributed by atoms with Gasteiger partial charge in [-0.2, -0.15) is 36.4 Å². The fraction of sp³-hybridized carbons (Fsp3) is 0. The zero-order chi connectivity index (χ0) is 14.5. The van der Waals surface area contributed by atoms with Crippen LogP contribution in [0, 0.1) is 30.3 Å². The van der Waals surface area contributed by atoms with Gasteiger partial charge in [-0.25, -0.2) is 0 Å². The van der Waals surface area contributed by atoms with Crippen LogP contribution >= 0.6 is 0 Å². The van der Waals surface area contributed by atoms with Crippen LogP contribution in [0.5, 0.6) is 11.5 Å². The maximum Gasteiger partial charge on any atom is 0 e. The van der Waals surface area contributed by atoms with Crippen LogP contribution in [0.1, 0.15) is 0 Å². The van der Waals surface area contributed by atoms with Gasteiger partial charge in [0.2, 0.25) is 0 Å². The van der Waals surface area contributed by atoms with Crippen molar-refractivity contribution in [3.8, 4) is 11.5 Å². The molecule has 0 saturated carbocycles. The minimum absolute atomic E-state index is 0. The molecule has 0 heterocycles. The first kappa shape index (κ1) is 28.0. The fourth-order valence-corrected chi connectivity index (χ4v) is 1.02. The molecule has 3 radical (unpaired) electrons. The summed E-state index contributed by atoms with van der Waals surface area (Å²) < 4.78 is 0. The van der Waals surface area contributed by atoms with Gasteiger partial charge in [-0.3, -0.25) is 48.5 Å². The molecule has 0 fully saturated rings. The second-order valence-corrected chi connectivity index (χ2v) is 3.40. The summed E-state index contributed by atoms with van der Waals surface area (Å²) >= 11 is 0. The summed E-state index contributed by atoms with van der Waals surface area (Å²) in [5, 5.41) is 17.2. The normalized spacial score (nSPS) is 7.30. The van der Waals surface area contributed by atoms with E-state index >= 15 is 0 Å². The van der Waals surface area contributed by atoms with E-state index < -0.39 is 0 Å². The molecular formula is C18H13O2ReY2-5. The van der Waals surface area contributed by atoms with Crippen LogP contribution in [0.3, 0.4) is 0 Å². The summed E-state index contributed by atoms with van der Waals surface area (Å²) in [4.78, 5) is 0. The van der Waals surface area contributed by atoms with Crippen molar-refractivity contribution in [1.82, 2.24) is 0 Å². The van der Waals surface area contributed by atoms with Crippen molar-refractivity contribution in [2.45, 2.75) is 0 Å². The maximum absolute atomic E-state index is 8.58. The van der Waals surface area contributed by atoms with Gasteiger partial charge >= 0.3 is 0 Å². The van der Waals surface area contributed by atoms with Crippen molar-refractivity contribution >= 4 is 0 Å². The first-order valence-corrected chi connectivity index (χ1v) is 5.84. The van der Waals surface area contributed by atoms with Gasteiger partial charge in [-0.1, -0.05) is 11.5 Å². The molecule has 3 rings (SSSR count). The number of rotatable bonds is 0.